The fourth-order valence-electron chi connectivity index (χ4n) is 1.11. The van der Waals surface area contributed by atoms with Crippen molar-refractivity contribution in [3.63, 3.8) is 0 Å². The molecular formula is C15H18N2S2. The van der Waals surface area contributed by atoms with Crippen LogP contribution in [0, 0.1) is 24.2 Å². The highest BCUT2D eigenvalue weighted by Crippen LogP contribution is 2.20. The molecule has 0 aliphatic heterocycles. The number of nitrogens with zero attached hydrogens (tertiary/aromatic N) is 1. The normalized spacial score (nSPS) is 11.7. The van der Waals surface area contributed by atoms with Gasteiger partial charge in [0.25, 0.3) is 0 Å². The molecule has 1 aromatic rings. The van der Waals surface area contributed by atoms with E-state index in [-0.39, 0.29) is 11.3 Å². The zero-order chi connectivity index (χ0) is 14.5. The van der Waals surface area contributed by atoms with E-state index < -0.39 is 0 Å². The summed E-state index contributed by atoms with van der Waals surface area (Å²) in [5.74, 6) is 6.11. The van der Waals surface area contributed by atoms with Gasteiger partial charge in [-0.1, -0.05) is 35.4 Å². The molecule has 0 aliphatic rings. The maximum absolute atomic E-state index is 5.74. The molecule has 1 rings (SSSR count). The highest BCUT2D eigenvalue weighted by Gasteiger charge is 2.04. The lowest BCUT2D eigenvalue weighted by Crippen LogP contribution is -2.11. The van der Waals surface area contributed by atoms with Gasteiger partial charge in [0.15, 0.2) is 10.2 Å². The molecule has 0 saturated heterocycles. The topological polar surface area (TPSA) is 38.4 Å². The van der Waals surface area contributed by atoms with Crippen LogP contribution >= 0.6 is 24.0 Å². The van der Waals surface area contributed by atoms with Gasteiger partial charge < -0.3 is 5.73 Å². The van der Waals surface area contributed by atoms with Crippen molar-refractivity contribution in [3.05, 3.63) is 29.8 Å². The van der Waals surface area contributed by atoms with E-state index in [1.165, 1.54) is 17.3 Å². The molecule has 0 fully saturated rings. The predicted octanol–water partition coefficient (Wildman–Crippen LogP) is 3.78. The van der Waals surface area contributed by atoms with Gasteiger partial charge in [-0.25, -0.2) is 4.99 Å². The Labute approximate surface area is 124 Å². The average Bonchev–Trinajstić information content (AvgIpc) is 2.29. The van der Waals surface area contributed by atoms with Crippen LogP contribution in [-0.4, -0.2) is 10.2 Å². The van der Waals surface area contributed by atoms with Crippen LogP contribution < -0.4 is 5.73 Å². The van der Waals surface area contributed by atoms with Crippen molar-refractivity contribution in [2.75, 3.05) is 0 Å². The van der Waals surface area contributed by atoms with Crippen LogP contribution in [0.5, 0.6) is 0 Å². The maximum atomic E-state index is 5.74. The standard InChI is InChI=1S/C15H18N2S2/c1-11-5-7-12(8-6-11)19-14(18)17-13(16)9-10-15(2,3)4/h5-8H,1-4H3,(H2,16,17,18). The molecule has 100 valence electrons. The third-order valence-corrected chi connectivity index (χ3v) is 3.12. The fourth-order valence-corrected chi connectivity index (χ4v) is 2.11. The summed E-state index contributed by atoms with van der Waals surface area (Å²) in [6.07, 6.45) is 0. The van der Waals surface area contributed by atoms with Gasteiger partial charge in [-0.3, -0.25) is 0 Å². The lowest BCUT2D eigenvalue weighted by atomic mass is 9.98. The lowest BCUT2D eigenvalue weighted by molar-refractivity contribution is 0.571. The number of thioether (sulfide) groups is 1. The first-order valence-corrected chi connectivity index (χ1v) is 7.14. The van der Waals surface area contributed by atoms with E-state index in [1.54, 1.807) is 0 Å². The van der Waals surface area contributed by atoms with Crippen LogP contribution in [-0.2, 0) is 0 Å². The molecule has 0 spiro atoms. The number of benzene rings is 1. The summed E-state index contributed by atoms with van der Waals surface area (Å²) in [5.41, 5.74) is 6.86. The minimum absolute atomic E-state index is 0.0914. The van der Waals surface area contributed by atoms with Crippen molar-refractivity contribution in [2.24, 2.45) is 16.1 Å². The number of hydrogen-bond donors (Lipinski definition) is 1. The van der Waals surface area contributed by atoms with Gasteiger partial charge in [0.2, 0.25) is 0 Å². The van der Waals surface area contributed by atoms with Crippen LogP contribution in [0.4, 0.5) is 0 Å². The number of nitrogens with two attached hydrogens (primary N) is 1. The van der Waals surface area contributed by atoms with Crippen molar-refractivity contribution in [3.8, 4) is 11.8 Å². The van der Waals surface area contributed by atoms with E-state index in [4.69, 9.17) is 18.0 Å². The minimum Gasteiger partial charge on any atom is -0.376 e. The molecule has 0 amide bonds. The Bertz CT molecular complexity index is 540. The number of thiocarbonyl (C=S) groups is 1. The minimum atomic E-state index is -0.0914. The Morgan fingerprint density at radius 1 is 1.26 bits per heavy atom. The van der Waals surface area contributed by atoms with E-state index in [2.05, 4.69) is 16.8 Å². The molecule has 19 heavy (non-hydrogen) atoms. The van der Waals surface area contributed by atoms with Gasteiger partial charge in [0, 0.05) is 10.3 Å². The fraction of sp³-hybridized carbons (Fsp3) is 0.333. The molecule has 1 aromatic carbocycles. The van der Waals surface area contributed by atoms with E-state index in [0.717, 1.165) is 4.90 Å². The third kappa shape index (κ3) is 7.00. The second-order valence-corrected chi connectivity index (χ2v) is 6.89. The van der Waals surface area contributed by atoms with E-state index in [9.17, 15) is 0 Å². The molecule has 2 N–H and O–H groups in total. The first-order valence-electron chi connectivity index (χ1n) is 5.92. The molecule has 0 aromatic heterocycles. The van der Waals surface area contributed by atoms with Gasteiger partial charge in [-0.15, -0.1) is 0 Å². The van der Waals surface area contributed by atoms with Gasteiger partial charge in [-0.05, 0) is 58.0 Å². The summed E-state index contributed by atoms with van der Waals surface area (Å²) in [5, 5.41) is 0. The average molecular weight is 290 g/mol. The first kappa shape index (κ1) is 15.7. The van der Waals surface area contributed by atoms with Crippen LogP contribution in [0.3, 0.4) is 0 Å². The smallest absolute Gasteiger partial charge is 0.177 e. The molecule has 0 saturated carbocycles. The molecular weight excluding hydrogens is 272 g/mol. The lowest BCUT2D eigenvalue weighted by Gasteiger charge is -2.06. The third-order valence-electron chi connectivity index (χ3n) is 2.00. The SMILES string of the molecule is Cc1ccc(SC(=S)N=C(N)C#CC(C)(C)C)cc1. The molecule has 4 heteroatoms. The van der Waals surface area contributed by atoms with E-state index in [0.29, 0.717) is 4.32 Å². The molecule has 0 heterocycles. The first-order chi connectivity index (χ1) is 8.76. The molecule has 2 nitrogen and oxygen atoms in total. The summed E-state index contributed by atoms with van der Waals surface area (Å²) in [6, 6.07) is 8.10. The number of aryl methyl sites for hydroxylation is 1. The highest BCUT2D eigenvalue weighted by molar-refractivity contribution is 8.23. The second-order valence-electron chi connectivity index (χ2n) is 5.18. The van der Waals surface area contributed by atoms with E-state index in [1.807, 2.05) is 52.0 Å². The summed E-state index contributed by atoms with van der Waals surface area (Å²) in [6.45, 7) is 8.11. The van der Waals surface area contributed by atoms with Crippen LogP contribution in [0.1, 0.15) is 26.3 Å². The van der Waals surface area contributed by atoms with Gasteiger partial charge in [0.1, 0.15) is 0 Å². The predicted molar refractivity (Wildman–Crippen MR) is 88.5 cm³/mol. The van der Waals surface area contributed by atoms with Crippen LogP contribution in [0.25, 0.3) is 0 Å². The zero-order valence-corrected chi connectivity index (χ0v) is 13.3. The number of rotatable bonds is 1. The molecule has 0 bridgehead atoms. The Balaban J connectivity index is 2.68. The second kappa shape index (κ2) is 6.74. The van der Waals surface area contributed by atoms with Gasteiger partial charge in [0.05, 0.1) is 0 Å². The van der Waals surface area contributed by atoms with Crippen molar-refractivity contribution >= 4 is 34.1 Å². The zero-order valence-electron chi connectivity index (χ0n) is 11.7. The van der Waals surface area contributed by atoms with Gasteiger partial charge in [-0.2, -0.15) is 0 Å². The van der Waals surface area contributed by atoms with Crippen LogP contribution in [0.2, 0.25) is 0 Å². The highest BCUT2D eigenvalue weighted by atomic mass is 32.2. The summed E-state index contributed by atoms with van der Waals surface area (Å²) in [4.78, 5) is 5.16. The van der Waals surface area contributed by atoms with E-state index >= 15 is 0 Å². The van der Waals surface area contributed by atoms with Crippen molar-refractivity contribution < 1.29 is 0 Å². The molecule has 0 radical (unpaired) electrons. The molecule has 0 atom stereocenters. The Morgan fingerprint density at radius 3 is 2.37 bits per heavy atom. The monoisotopic (exact) mass is 290 g/mol. The van der Waals surface area contributed by atoms with Crippen molar-refractivity contribution in [2.45, 2.75) is 32.6 Å². The molecule has 0 aliphatic carbocycles. The summed E-state index contributed by atoms with van der Waals surface area (Å²) in [7, 11) is 0. The quantitative estimate of drug-likeness (QED) is 0.281. The number of aliphatic imine (C=N–C) groups is 1. The Hall–Kier alpha value is -1.31. The number of hydrogen-bond acceptors (Lipinski definition) is 2. The van der Waals surface area contributed by atoms with Crippen LogP contribution in [0.15, 0.2) is 34.2 Å². The Kier molecular flexibility index (Phi) is 5.59. The van der Waals surface area contributed by atoms with Crippen molar-refractivity contribution in [1.29, 1.82) is 0 Å². The largest absolute Gasteiger partial charge is 0.376 e. The number of amidine groups is 1. The Morgan fingerprint density at radius 2 is 1.84 bits per heavy atom. The molecule has 0 unspecified atom stereocenters. The summed E-state index contributed by atoms with van der Waals surface area (Å²) >= 11 is 6.59. The summed E-state index contributed by atoms with van der Waals surface area (Å²) < 4.78 is 0.476. The van der Waals surface area contributed by atoms with Gasteiger partial charge >= 0.3 is 0 Å². The maximum Gasteiger partial charge on any atom is 0.177 e. The van der Waals surface area contributed by atoms with Crippen molar-refractivity contribution in [1.82, 2.24) is 0 Å².